The van der Waals surface area contributed by atoms with E-state index in [0.29, 0.717) is 13.1 Å². The lowest BCUT2D eigenvalue weighted by Crippen LogP contribution is -2.53. The summed E-state index contributed by atoms with van der Waals surface area (Å²) in [6, 6.07) is 7.75. The van der Waals surface area contributed by atoms with Gasteiger partial charge in [0.1, 0.15) is 6.10 Å². The minimum Gasteiger partial charge on any atom is -0.370 e. The predicted octanol–water partition coefficient (Wildman–Crippen LogP) is 0.962. The summed E-state index contributed by atoms with van der Waals surface area (Å²) in [5.74, 6) is -0.0224. The highest BCUT2D eigenvalue weighted by Crippen LogP contribution is 2.19. The van der Waals surface area contributed by atoms with Gasteiger partial charge in [0.2, 0.25) is 0 Å². The molecule has 5 nitrogen and oxygen atoms in total. The number of halogens is 1. The van der Waals surface area contributed by atoms with E-state index in [1.165, 1.54) is 7.11 Å². The topological polar surface area (TPSA) is 58.8 Å². The van der Waals surface area contributed by atoms with Gasteiger partial charge in [-0.05, 0) is 24.3 Å². The number of amides is 1. The van der Waals surface area contributed by atoms with Crippen LogP contribution >= 0.6 is 11.6 Å². The highest BCUT2D eigenvalue weighted by molar-refractivity contribution is 6.30. The molecule has 2 rings (SSSR count). The summed E-state index contributed by atoms with van der Waals surface area (Å²) in [5, 5.41) is 0.730. The summed E-state index contributed by atoms with van der Waals surface area (Å²) < 4.78 is 5.09. The van der Waals surface area contributed by atoms with Crippen LogP contribution in [0.3, 0.4) is 0 Å². The van der Waals surface area contributed by atoms with E-state index in [2.05, 4.69) is 4.90 Å². The molecule has 1 aromatic carbocycles. The second-order valence-electron chi connectivity index (χ2n) is 4.75. The van der Waals surface area contributed by atoms with Crippen LogP contribution in [0.25, 0.3) is 0 Å². The maximum Gasteiger partial charge on any atom is 0.253 e. The molecule has 20 heavy (non-hydrogen) atoms. The molecule has 0 saturated carbocycles. The smallest absolute Gasteiger partial charge is 0.253 e. The number of carbonyl (C=O) groups is 1. The van der Waals surface area contributed by atoms with Gasteiger partial charge in [0.15, 0.2) is 0 Å². The number of rotatable bonds is 4. The van der Waals surface area contributed by atoms with Gasteiger partial charge in [-0.15, -0.1) is 0 Å². The lowest BCUT2D eigenvalue weighted by molar-refractivity contribution is -0.141. The lowest BCUT2D eigenvalue weighted by atomic mass is 10.2. The van der Waals surface area contributed by atoms with Crippen molar-refractivity contribution in [3.05, 3.63) is 29.3 Å². The molecule has 1 aromatic rings. The third-order valence-electron chi connectivity index (χ3n) is 3.56. The number of methoxy groups -OCH3 is 1. The van der Waals surface area contributed by atoms with E-state index in [-0.39, 0.29) is 12.5 Å². The molecule has 1 saturated heterocycles. The zero-order chi connectivity index (χ0) is 14.5. The zero-order valence-electron chi connectivity index (χ0n) is 11.6. The lowest BCUT2D eigenvalue weighted by Gasteiger charge is -2.37. The molecular weight excluding hydrogens is 278 g/mol. The summed E-state index contributed by atoms with van der Waals surface area (Å²) in [4.78, 5) is 16.2. The minimum atomic E-state index is -0.530. The average molecular weight is 298 g/mol. The second kappa shape index (κ2) is 6.92. The highest BCUT2D eigenvalue weighted by Gasteiger charge is 2.26. The maximum absolute atomic E-state index is 12.1. The second-order valence-corrected chi connectivity index (χ2v) is 5.19. The van der Waals surface area contributed by atoms with Crippen LogP contribution in [0.2, 0.25) is 5.02 Å². The first-order valence-corrected chi connectivity index (χ1v) is 7.05. The van der Waals surface area contributed by atoms with E-state index in [9.17, 15) is 4.79 Å². The van der Waals surface area contributed by atoms with Crippen LogP contribution in [0, 0.1) is 0 Å². The molecule has 1 heterocycles. The van der Waals surface area contributed by atoms with Gasteiger partial charge in [-0.25, -0.2) is 0 Å². The highest BCUT2D eigenvalue weighted by atomic mass is 35.5. The number of carbonyl (C=O) groups excluding carboxylic acids is 1. The zero-order valence-corrected chi connectivity index (χ0v) is 12.3. The van der Waals surface area contributed by atoms with Crippen molar-refractivity contribution in [2.75, 3.05) is 44.7 Å². The first-order chi connectivity index (χ1) is 9.65. The van der Waals surface area contributed by atoms with Crippen LogP contribution in [0.4, 0.5) is 5.69 Å². The normalized spacial score (nSPS) is 17.1. The van der Waals surface area contributed by atoms with Gasteiger partial charge < -0.3 is 20.3 Å². The van der Waals surface area contributed by atoms with Crippen LogP contribution in [-0.2, 0) is 9.53 Å². The Morgan fingerprint density at radius 1 is 1.30 bits per heavy atom. The van der Waals surface area contributed by atoms with E-state index < -0.39 is 6.10 Å². The number of piperazine rings is 1. The minimum absolute atomic E-state index is 0.0224. The van der Waals surface area contributed by atoms with Crippen molar-refractivity contribution < 1.29 is 9.53 Å². The van der Waals surface area contributed by atoms with Crippen LogP contribution in [0.1, 0.15) is 0 Å². The molecule has 0 aromatic heterocycles. The Labute approximate surface area is 124 Å². The molecule has 1 amide bonds. The van der Waals surface area contributed by atoms with Gasteiger partial charge in [0.05, 0.1) is 0 Å². The number of hydrogen-bond donors (Lipinski definition) is 1. The molecule has 2 N–H and O–H groups in total. The molecule has 0 aliphatic carbocycles. The Bertz CT molecular complexity index is 440. The van der Waals surface area contributed by atoms with Crippen LogP contribution < -0.4 is 10.6 Å². The van der Waals surface area contributed by atoms with Crippen molar-refractivity contribution in [1.82, 2.24) is 4.90 Å². The number of anilines is 1. The van der Waals surface area contributed by atoms with E-state index in [0.717, 1.165) is 23.8 Å². The van der Waals surface area contributed by atoms with Gasteiger partial charge in [-0.1, -0.05) is 11.6 Å². The molecular formula is C14H20ClN3O2. The van der Waals surface area contributed by atoms with Crippen molar-refractivity contribution >= 4 is 23.2 Å². The van der Waals surface area contributed by atoms with Crippen molar-refractivity contribution in [3.8, 4) is 0 Å². The Balaban J connectivity index is 1.92. The number of hydrogen-bond acceptors (Lipinski definition) is 4. The van der Waals surface area contributed by atoms with Crippen molar-refractivity contribution in [3.63, 3.8) is 0 Å². The van der Waals surface area contributed by atoms with E-state index in [1.54, 1.807) is 0 Å². The molecule has 1 atom stereocenters. The fraction of sp³-hybridized carbons (Fsp3) is 0.500. The Morgan fingerprint density at radius 2 is 1.90 bits per heavy atom. The summed E-state index contributed by atoms with van der Waals surface area (Å²) in [5.41, 5.74) is 6.66. The fourth-order valence-corrected chi connectivity index (χ4v) is 2.46. The Kier molecular flexibility index (Phi) is 5.23. The van der Waals surface area contributed by atoms with Gasteiger partial charge in [0.25, 0.3) is 5.91 Å². The molecule has 0 bridgehead atoms. The molecule has 1 unspecified atom stereocenters. The van der Waals surface area contributed by atoms with Gasteiger partial charge in [0, 0.05) is 50.5 Å². The third-order valence-corrected chi connectivity index (χ3v) is 3.81. The molecule has 1 aliphatic rings. The van der Waals surface area contributed by atoms with Crippen molar-refractivity contribution in [2.45, 2.75) is 6.10 Å². The number of ether oxygens (including phenoxy) is 1. The van der Waals surface area contributed by atoms with Gasteiger partial charge in [-0.2, -0.15) is 0 Å². The average Bonchev–Trinajstić information content (AvgIpc) is 2.49. The first-order valence-electron chi connectivity index (χ1n) is 6.68. The number of benzene rings is 1. The quantitative estimate of drug-likeness (QED) is 0.899. The molecule has 0 spiro atoms. The summed E-state index contributed by atoms with van der Waals surface area (Å²) >= 11 is 5.88. The third kappa shape index (κ3) is 3.42. The Hall–Kier alpha value is -1.30. The molecule has 1 aliphatic heterocycles. The SMILES string of the molecule is COC(CN)C(=O)N1CCN(c2ccc(Cl)cc2)CC1. The predicted molar refractivity (Wildman–Crippen MR) is 80.1 cm³/mol. The molecule has 110 valence electrons. The van der Waals surface area contributed by atoms with Crippen LogP contribution in [0.5, 0.6) is 0 Å². The van der Waals surface area contributed by atoms with E-state index in [4.69, 9.17) is 22.1 Å². The van der Waals surface area contributed by atoms with E-state index >= 15 is 0 Å². The van der Waals surface area contributed by atoms with Crippen LogP contribution in [-0.4, -0.2) is 56.7 Å². The molecule has 0 radical (unpaired) electrons. The largest absolute Gasteiger partial charge is 0.370 e. The summed E-state index contributed by atoms with van der Waals surface area (Å²) in [6.45, 7) is 3.18. The van der Waals surface area contributed by atoms with Gasteiger partial charge >= 0.3 is 0 Å². The van der Waals surface area contributed by atoms with Crippen molar-refractivity contribution in [2.24, 2.45) is 5.73 Å². The molecule has 1 fully saturated rings. The Morgan fingerprint density at radius 3 is 2.40 bits per heavy atom. The number of nitrogens with two attached hydrogens (primary N) is 1. The maximum atomic E-state index is 12.1. The number of nitrogens with zero attached hydrogens (tertiary/aromatic N) is 2. The summed E-state index contributed by atoms with van der Waals surface area (Å²) in [7, 11) is 1.51. The fourth-order valence-electron chi connectivity index (χ4n) is 2.34. The first kappa shape index (κ1) is 15.1. The monoisotopic (exact) mass is 297 g/mol. The van der Waals surface area contributed by atoms with Crippen molar-refractivity contribution in [1.29, 1.82) is 0 Å². The van der Waals surface area contributed by atoms with Gasteiger partial charge in [-0.3, -0.25) is 4.79 Å². The standard InChI is InChI=1S/C14H20ClN3O2/c1-20-13(10-16)14(19)18-8-6-17(7-9-18)12-4-2-11(15)3-5-12/h2-5,13H,6-10,16H2,1H3. The summed E-state index contributed by atoms with van der Waals surface area (Å²) in [6.07, 6.45) is -0.530. The van der Waals surface area contributed by atoms with Crippen LogP contribution in [0.15, 0.2) is 24.3 Å². The molecule has 6 heteroatoms. The van der Waals surface area contributed by atoms with E-state index in [1.807, 2.05) is 29.2 Å².